The first-order chi connectivity index (χ1) is 9.61. The van der Waals surface area contributed by atoms with Gasteiger partial charge in [0.25, 0.3) is 0 Å². The van der Waals surface area contributed by atoms with E-state index in [4.69, 9.17) is 4.74 Å². The maximum atomic E-state index is 11.8. The van der Waals surface area contributed by atoms with Crippen molar-refractivity contribution in [2.75, 3.05) is 32.7 Å². The van der Waals surface area contributed by atoms with Crippen molar-refractivity contribution in [2.45, 2.75) is 31.7 Å². The van der Waals surface area contributed by atoms with Crippen molar-refractivity contribution in [3.63, 3.8) is 0 Å². The number of methoxy groups -OCH3 is 1. The molecule has 0 radical (unpaired) electrons. The van der Waals surface area contributed by atoms with Crippen LogP contribution in [0.1, 0.15) is 36.6 Å². The van der Waals surface area contributed by atoms with Crippen LogP contribution >= 0.6 is 0 Å². The molecule has 0 bridgehead atoms. The van der Waals surface area contributed by atoms with Crippen molar-refractivity contribution < 1.29 is 9.53 Å². The van der Waals surface area contributed by atoms with Crippen LogP contribution in [0.25, 0.3) is 0 Å². The number of hydrogen-bond donors (Lipinski definition) is 1. The Balaban J connectivity index is 2.10. The summed E-state index contributed by atoms with van der Waals surface area (Å²) in [7, 11) is 5.45. The van der Waals surface area contributed by atoms with E-state index in [0.29, 0.717) is 13.0 Å². The lowest BCUT2D eigenvalue weighted by molar-refractivity contribution is -0.122. The van der Waals surface area contributed by atoms with Gasteiger partial charge in [-0.2, -0.15) is 0 Å². The molecule has 0 saturated carbocycles. The maximum Gasteiger partial charge on any atom is 0.225 e. The molecule has 6 heteroatoms. The lowest BCUT2D eigenvalue weighted by Gasteiger charge is -2.26. The van der Waals surface area contributed by atoms with Gasteiger partial charge in [-0.15, -0.1) is 0 Å². The number of carbonyl (C=O) groups is 1. The number of nitrogens with zero attached hydrogens (tertiary/aromatic N) is 3. The molecule has 1 N–H and O–H groups in total. The summed E-state index contributed by atoms with van der Waals surface area (Å²) in [5, 5.41) is 3.05. The summed E-state index contributed by atoms with van der Waals surface area (Å²) in [4.78, 5) is 22.6. The molecule has 1 aliphatic carbocycles. The van der Waals surface area contributed by atoms with E-state index in [1.54, 1.807) is 7.11 Å². The molecular weight excluding hydrogens is 256 g/mol. The zero-order valence-electron chi connectivity index (χ0n) is 12.3. The van der Waals surface area contributed by atoms with Crippen LogP contribution in [0.15, 0.2) is 6.20 Å². The number of hydrogen-bond acceptors (Lipinski definition) is 5. The number of carbonyl (C=O) groups excluding carboxylic acids is 1. The summed E-state index contributed by atoms with van der Waals surface area (Å²) in [6.45, 7) is 0.446. The van der Waals surface area contributed by atoms with Crippen molar-refractivity contribution >= 4 is 11.9 Å². The van der Waals surface area contributed by atoms with Crippen LogP contribution in [0, 0.1) is 0 Å². The lowest BCUT2D eigenvalue weighted by Crippen LogP contribution is -2.32. The number of fused-ring (bicyclic) bond motifs is 1. The summed E-state index contributed by atoms with van der Waals surface area (Å²) < 4.78 is 4.92. The molecule has 1 heterocycles. The van der Waals surface area contributed by atoms with Gasteiger partial charge in [0.15, 0.2) is 0 Å². The Morgan fingerprint density at radius 3 is 3.05 bits per heavy atom. The molecule has 1 atom stereocenters. The number of amides is 1. The zero-order chi connectivity index (χ0) is 14.5. The topological polar surface area (TPSA) is 67.3 Å². The van der Waals surface area contributed by atoms with Gasteiger partial charge < -0.3 is 15.0 Å². The second-order valence-electron chi connectivity index (χ2n) is 5.22. The molecule has 1 aromatic rings. The first kappa shape index (κ1) is 14.7. The Labute approximate surface area is 119 Å². The van der Waals surface area contributed by atoms with Crippen LogP contribution in [0.2, 0.25) is 0 Å². The number of rotatable bonds is 5. The highest BCUT2D eigenvalue weighted by atomic mass is 16.5. The van der Waals surface area contributed by atoms with Crippen LogP contribution in [0.3, 0.4) is 0 Å². The molecule has 6 nitrogen and oxygen atoms in total. The van der Waals surface area contributed by atoms with Crippen molar-refractivity contribution in [3.8, 4) is 0 Å². The summed E-state index contributed by atoms with van der Waals surface area (Å²) in [6.07, 6.45) is 5.16. The monoisotopic (exact) mass is 278 g/mol. The van der Waals surface area contributed by atoms with E-state index in [0.717, 1.165) is 36.5 Å². The van der Waals surface area contributed by atoms with Gasteiger partial charge in [0.1, 0.15) is 0 Å². The fourth-order valence-electron chi connectivity index (χ4n) is 2.36. The minimum Gasteiger partial charge on any atom is -0.384 e. The first-order valence-corrected chi connectivity index (χ1v) is 6.93. The smallest absolute Gasteiger partial charge is 0.225 e. The molecule has 2 rings (SSSR count). The number of anilines is 1. The number of aryl methyl sites for hydroxylation is 1. The lowest BCUT2D eigenvalue weighted by atomic mass is 9.92. The van der Waals surface area contributed by atoms with Gasteiger partial charge in [-0.1, -0.05) is 0 Å². The Morgan fingerprint density at radius 1 is 1.55 bits per heavy atom. The van der Waals surface area contributed by atoms with E-state index in [2.05, 4.69) is 15.3 Å². The van der Waals surface area contributed by atoms with E-state index >= 15 is 0 Å². The molecule has 0 aliphatic heterocycles. The molecular formula is C14H22N4O2. The summed E-state index contributed by atoms with van der Waals surface area (Å²) in [5.41, 5.74) is 2.10. The third-order valence-corrected chi connectivity index (χ3v) is 3.44. The number of nitrogens with one attached hydrogen (secondary N) is 1. The van der Waals surface area contributed by atoms with Gasteiger partial charge in [0, 0.05) is 39.4 Å². The minimum absolute atomic E-state index is 0.0152. The number of ether oxygens (including phenoxy) is 1. The largest absolute Gasteiger partial charge is 0.384 e. The molecule has 0 unspecified atom stereocenters. The minimum atomic E-state index is 0.0152. The van der Waals surface area contributed by atoms with Crippen LogP contribution in [0.4, 0.5) is 5.95 Å². The molecule has 0 aromatic carbocycles. The summed E-state index contributed by atoms with van der Waals surface area (Å²) >= 11 is 0. The molecule has 20 heavy (non-hydrogen) atoms. The summed E-state index contributed by atoms with van der Waals surface area (Å²) in [5.74, 6) is 0.733. The van der Waals surface area contributed by atoms with E-state index in [1.807, 2.05) is 25.2 Å². The molecule has 1 aliphatic rings. The van der Waals surface area contributed by atoms with Gasteiger partial charge in [0.2, 0.25) is 11.9 Å². The van der Waals surface area contributed by atoms with Gasteiger partial charge in [-0.3, -0.25) is 4.79 Å². The molecule has 1 aromatic heterocycles. The molecule has 1 amide bonds. The van der Waals surface area contributed by atoms with Crippen molar-refractivity contribution in [1.29, 1.82) is 0 Å². The van der Waals surface area contributed by atoms with Crippen LogP contribution in [-0.4, -0.2) is 43.7 Å². The quantitative estimate of drug-likeness (QED) is 0.872. The highest BCUT2D eigenvalue weighted by Gasteiger charge is 2.23. The summed E-state index contributed by atoms with van der Waals surface area (Å²) in [6, 6.07) is 0.0271. The maximum absolute atomic E-state index is 11.8. The Bertz CT molecular complexity index is 476. The molecule has 0 fully saturated rings. The number of aromatic nitrogens is 2. The van der Waals surface area contributed by atoms with Crippen LogP contribution in [0.5, 0.6) is 0 Å². The van der Waals surface area contributed by atoms with Crippen molar-refractivity contribution in [3.05, 3.63) is 17.5 Å². The SMILES string of the molecule is COCCC(=O)N[C@@H]1CCCc2nc(N(C)C)ncc21. The Kier molecular flexibility index (Phi) is 4.89. The normalized spacial score (nSPS) is 17.4. The third kappa shape index (κ3) is 3.45. The molecule has 0 saturated heterocycles. The van der Waals surface area contributed by atoms with Gasteiger partial charge in [-0.05, 0) is 19.3 Å². The highest BCUT2D eigenvalue weighted by Crippen LogP contribution is 2.28. The molecule has 0 spiro atoms. The average molecular weight is 278 g/mol. The zero-order valence-corrected chi connectivity index (χ0v) is 12.3. The van der Waals surface area contributed by atoms with E-state index in [9.17, 15) is 4.79 Å². The van der Waals surface area contributed by atoms with Crippen molar-refractivity contribution in [1.82, 2.24) is 15.3 Å². The van der Waals surface area contributed by atoms with Gasteiger partial charge in [-0.25, -0.2) is 9.97 Å². The van der Waals surface area contributed by atoms with Crippen LogP contribution < -0.4 is 10.2 Å². The van der Waals surface area contributed by atoms with Crippen molar-refractivity contribution in [2.24, 2.45) is 0 Å². The fraction of sp³-hybridized carbons (Fsp3) is 0.643. The van der Waals surface area contributed by atoms with Crippen LogP contribution in [-0.2, 0) is 16.0 Å². The van der Waals surface area contributed by atoms with Gasteiger partial charge in [0.05, 0.1) is 18.3 Å². The average Bonchev–Trinajstić information content (AvgIpc) is 2.44. The second-order valence-corrected chi connectivity index (χ2v) is 5.22. The first-order valence-electron chi connectivity index (χ1n) is 6.93. The van der Waals surface area contributed by atoms with Gasteiger partial charge >= 0.3 is 0 Å². The standard InChI is InChI=1S/C14H22N4O2/c1-18(2)14-15-9-10-11(5-4-6-12(10)17-14)16-13(19)7-8-20-3/h9,11H,4-8H2,1-3H3,(H,16,19)/t11-/m1/s1. The Morgan fingerprint density at radius 2 is 2.35 bits per heavy atom. The Hall–Kier alpha value is -1.69. The fourth-order valence-corrected chi connectivity index (χ4v) is 2.36. The third-order valence-electron chi connectivity index (χ3n) is 3.44. The highest BCUT2D eigenvalue weighted by molar-refractivity contribution is 5.76. The van der Waals surface area contributed by atoms with E-state index in [-0.39, 0.29) is 11.9 Å². The van der Waals surface area contributed by atoms with E-state index in [1.165, 1.54) is 0 Å². The van der Waals surface area contributed by atoms with E-state index < -0.39 is 0 Å². The predicted octanol–water partition coefficient (Wildman–Crippen LogP) is 1.07. The second kappa shape index (κ2) is 6.65. The predicted molar refractivity (Wildman–Crippen MR) is 76.7 cm³/mol. The molecule has 110 valence electrons.